The van der Waals surface area contributed by atoms with Crippen molar-refractivity contribution in [1.29, 1.82) is 0 Å². The quantitative estimate of drug-likeness (QED) is 0.786. The van der Waals surface area contributed by atoms with Gasteiger partial charge >= 0.3 is 0 Å². The van der Waals surface area contributed by atoms with Crippen LogP contribution in [0.4, 0.5) is 0 Å². The monoisotopic (exact) mass is 267 g/mol. The molecular weight excluding hydrogens is 250 g/mol. The molecule has 0 spiro atoms. The summed E-state index contributed by atoms with van der Waals surface area (Å²) in [4.78, 5) is 4.97. The Balaban J connectivity index is 2.07. The first-order valence-electron chi connectivity index (χ1n) is 6.80. The fourth-order valence-corrected chi connectivity index (χ4v) is 2.61. The SMILES string of the molecule is CO/N=C1/CC(C)Cc2nnc(-c3ccccc3)cc21. The van der Waals surface area contributed by atoms with Crippen molar-refractivity contribution in [3.05, 3.63) is 47.7 Å². The molecule has 1 atom stereocenters. The molecule has 1 heterocycles. The Morgan fingerprint density at radius 1 is 1.15 bits per heavy atom. The van der Waals surface area contributed by atoms with Crippen molar-refractivity contribution in [3.63, 3.8) is 0 Å². The molecular formula is C16H17N3O. The molecule has 102 valence electrons. The molecule has 4 nitrogen and oxygen atoms in total. The lowest BCUT2D eigenvalue weighted by atomic mass is 9.86. The number of hydrogen-bond acceptors (Lipinski definition) is 4. The van der Waals surface area contributed by atoms with Crippen LogP contribution in [-0.4, -0.2) is 23.0 Å². The lowest BCUT2D eigenvalue weighted by Gasteiger charge is -2.21. The highest BCUT2D eigenvalue weighted by Gasteiger charge is 2.23. The topological polar surface area (TPSA) is 47.4 Å². The third kappa shape index (κ3) is 2.41. The first kappa shape index (κ1) is 12.8. The molecule has 0 N–H and O–H groups in total. The zero-order valence-electron chi connectivity index (χ0n) is 11.7. The summed E-state index contributed by atoms with van der Waals surface area (Å²) in [6.07, 6.45) is 1.86. The van der Waals surface area contributed by atoms with Crippen molar-refractivity contribution in [2.75, 3.05) is 7.11 Å². The first-order valence-corrected chi connectivity index (χ1v) is 6.80. The van der Waals surface area contributed by atoms with E-state index < -0.39 is 0 Å². The van der Waals surface area contributed by atoms with Crippen molar-refractivity contribution < 1.29 is 4.84 Å². The van der Waals surface area contributed by atoms with Gasteiger partial charge in [0.2, 0.25) is 0 Å². The summed E-state index contributed by atoms with van der Waals surface area (Å²) < 4.78 is 0. The van der Waals surface area contributed by atoms with E-state index in [2.05, 4.69) is 28.3 Å². The first-order chi connectivity index (χ1) is 9.78. The zero-order chi connectivity index (χ0) is 13.9. The van der Waals surface area contributed by atoms with Gasteiger partial charge in [-0.2, -0.15) is 10.2 Å². The molecule has 0 saturated carbocycles. The van der Waals surface area contributed by atoms with E-state index in [1.165, 1.54) is 0 Å². The second-order valence-corrected chi connectivity index (χ2v) is 5.19. The van der Waals surface area contributed by atoms with Gasteiger partial charge in [-0.05, 0) is 24.8 Å². The number of aromatic nitrogens is 2. The minimum absolute atomic E-state index is 0.522. The molecule has 4 heteroatoms. The Hall–Kier alpha value is -2.23. The minimum atomic E-state index is 0.522. The Morgan fingerprint density at radius 3 is 2.70 bits per heavy atom. The number of benzene rings is 1. The van der Waals surface area contributed by atoms with Gasteiger partial charge in [0.15, 0.2) is 0 Å². The molecule has 0 aliphatic heterocycles. The van der Waals surface area contributed by atoms with Gasteiger partial charge in [-0.1, -0.05) is 42.4 Å². The van der Waals surface area contributed by atoms with Crippen molar-refractivity contribution in [2.45, 2.75) is 19.8 Å². The van der Waals surface area contributed by atoms with Crippen molar-refractivity contribution in [1.82, 2.24) is 10.2 Å². The summed E-state index contributed by atoms with van der Waals surface area (Å²) in [5.74, 6) is 0.522. The smallest absolute Gasteiger partial charge is 0.106 e. The molecule has 1 aliphatic rings. The second kappa shape index (κ2) is 5.41. The molecule has 1 aliphatic carbocycles. The van der Waals surface area contributed by atoms with Gasteiger partial charge in [0.25, 0.3) is 0 Å². The fraction of sp³-hybridized carbons (Fsp3) is 0.312. The average molecular weight is 267 g/mol. The normalized spacial score (nSPS) is 19.7. The van der Waals surface area contributed by atoms with Crippen molar-refractivity contribution >= 4 is 5.71 Å². The number of oxime groups is 1. The van der Waals surface area contributed by atoms with Gasteiger partial charge in [-0.3, -0.25) is 0 Å². The molecule has 0 bridgehead atoms. The molecule has 20 heavy (non-hydrogen) atoms. The van der Waals surface area contributed by atoms with Gasteiger partial charge in [-0.25, -0.2) is 0 Å². The fourth-order valence-electron chi connectivity index (χ4n) is 2.61. The van der Waals surface area contributed by atoms with Crippen LogP contribution in [0.5, 0.6) is 0 Å². The van der Waals surface area contributed by atoms with E-state index in [9.17, 15) is 0 Å². The molecule has 0 amide bonds. The number of rotatable bonds is 2. The van der Waals surface area contributed by atoms with Crippen LogP contribution in [0.2, 0.25) is 0 Å². The van der Waals surface area contributed by atoms with Crippen LogP contribution in [0.15, 0.2) is 41.6 Å². The zero-order valence-corrected chi connectivity index (χ0v) is 11.7. The molecule has 0 fully saturated rings. The van der Waals surface area contributed by atoms with Gasteiger partial charge in [0, 0.05) is 11.1 Å². The van der Waals surface area contributed by atoms with E-state index >= 15 is 0 Å². The summed E-state index contributed by atoms with van der Waals surface area (Å²) >= 11 is 0. The van der Waals surface area contributed by atoms with Crippen LogP contribution in [-0.2, 0) is 11.3 Å². The summed E-state index contributed by atoms with van der Waals surface area (Å²) in [6, 6.07) is 12.1. The van der Waals surface area contributed by atoms with Crippen LogP contribution >= 0.6 is 0 Å². The molecule has 0 radical (unpaired) electrons. The van der Waals surface area contributed by atoms with Gasteiger partial charge in [0.1, 0.15) is 7.11 Å². The third-order valence-corrected chi connectivity index (χ3v) is 3.54. The van der Waals surface area contributed by atoms with Gasteiger partial charge < -0.3 is 4.84 Å². The van der Waals surface area contributed by atoms with Crippen LogP contribution in [0.25, 0.3) is 11.3 Å². The average Bonchev–Trinajstić information content (AvgIpc) is 2.48. The predicted octanol–water partition coefficient (Wildman–Crippen LogP) is 3.08. The standard InChI is InChI=1S/C16H17N3O/c1-11-8-15-13(16(9-11)19-20-2)10-14(17-18-15)12-6-4-3-5-7-12/h3-7,10-11H,8-9H2,1-2H3/b19-16-. The van der Waals surface area contributed by atoms with Crippen LogP contribution in [0.1, 0.15) is 24.6 Å². The number of fused-ring (bicyclic) bond motifs is 1. The van der Waals surface area contributed by atoms with E-state index in [1.807, 2.05) is 30.3 Å². The summed E-state index contributed by atoms with van der Waals surface area (Å²) in [6.45, 7) is 2.20. The van der Waals surface area contributed by atoms with E-state index in [4.69, 9.17) is 4.84 Å². The van der Waals surface area contributed by atoms with Crippen molar-refractivity contribution in [3.8, 4) is 11.3 Å². The summed E-state index contributed by atoms with van der Waals surface area (Å²) in [5, 5.41) is 12.9. The Bertz CT molecular complexity index is 637. The Morgan fingerprint density at radius 2 is 1.95 bits per heavy atom. The molecule has 1 aromatic heterocycles. The van der Waals surface area contributed by atoms with Gasteiger partial charge in [0.05, 0.1) is 17.1 Å². The maximum Gasteiger partial charge on any atom is 0.106 e. The summed E-state index contributed by atoms with van der Waals surface area (Å²) in [7, 11) is 1.58. The highest BCUT2D eigenvalue weighted by molar-refractivity contribution is 6.02. The number of hydrogen-bond donors (Lipinski definition) is 0. The van der Waals surface area contributed by atoms with E-state index in [-0.39, 0.29) is 0 Å². The van der Waals surface area contributed by atoms with E-state index in [1.54, 1.807) is 7.11 Å². The van der Waals surface area contributed by atoms with E-state index in [0.29, 0.717) is 5.92 Å². The Labute approximate surface area is 118 Å². The molecule has 0 saturated heterocycles. The Kier molecular flexibility index (Phi) is 3.46. The van der Waals surface area contributed by atoms with Crippen LogP contribution in [0.3, 0.4) is 0 Å². The number of nitrogens with zero attached hydrogens (tertiary/aromatic N) is 3. The lowest BCUT2D eigenvalue weighted by Crippen LogP contribution is -2.21. The molecule has 1 aromatic carbocycles. The highest BCUT2D eigenvalue weighted by Crippen LogP contribution is 2.27. The van der Waals surface area contributed by atoms with Crippen LogP contribution < -0.4 is 0 Å². The lowest BCUT2D eigenvalue weighted by molar-refractivity contribution is 0.212. The highest BCUT2D eigenvalue weighted by atomic mass is 16.6. The molecule has 3 rings (SSSR count). The second-order valence-electron chi connectivity index (χ2n) is 5.19. The predicted molar refractivity (Wildman–Crippen MR) is 78.5 cm³/mol. The third-order valence-electron chi connectivity index (χ3n) is 3.54. The molecule has 2 aromatic rings. The van der Waals surface area contributed by atoms with Gasteiger partial charge in [-0.15, -0.1) is 0 Å². The van der Waals surface area contributed by atoms with E-state index in [0.717, 1.165) is 41.1 Å². The van der Waals surface area contributed by atoms with Crippen molar-refractivity contribution in [2.24, 2.45) is 11.1 Å². The summed E-state index contributed by atoms with van der Waals surface area (Å²) in [5.41, 5.74) is 4.99. The van der Waals surface area contributed by atoms with Crippen LogP contribution in [0, 0.1) is 5.92 Å². The maximum absolute atomic E-state index is 4.97. The molecule has 1 unspecified atom stereocenters. The maximum atomic E-state index is 4.97. The largest absolute Gasteiger partial charge is 0.399 e. The minimum Gasteiger partial charge on any atom is -0.399 e.